The third-order valence-corrected chi connectivity index (χ3v) is 6.94. The van der Waals surface area contributed by atoms with E-state index < -0.39 is 0 Å². The Hall–Kier alpha value is -3.09. The highest BCUT2D eigenvalue weighted by atomic mass is 32.2. The van der Waals surface area contributed by atoms with Gasteiger partial charge in [-0.1, -0.05) is 59.5 Å². The first kappa shape index (κ1) is 18.9. The summed E-state index contributed by atoms with van der Waals surface area (Å²) in [5.41, 5.74) is 3.27. The van der Waals surface area contributed by atoms with E-state index in [0.29, 0.717) is 12.3 Å². The van der Waals surface area contributed by atoms with Crippen LogP contribution in [0.5, 0.6) is 5.75 Å². The number of thiazole rings is 1. The second-order valence-electron chi connectivity index (χ2n) is 6.93. The Kier molecular flexibility index (Phi) is 5.02. The minimum Gasteiger partial charge on any atom is -0.426 e. The molecule has 1 aromatic heterocycles. The molecule has 0 bridgehead atoms. The molecule has 2 heterocycles. The number of thioether (sulfide) groups is 1. The Morgan fingerprint density at radius 2 is 1.80 bits per heavy atom. The fourth-order valence-electron chi connectivity index (χ4n) is 3.50. The fourth-order valence-corrected chi connectivity index (χ4v) is 5.62. The lowest BCUT2D eigenvalue weighted by Gasteiger charge is -2.06. The Morgan fingerprint density at radius 3 is 2.67 bits per heavy atom. The summed E-state index contributed by atoms with van der Waals surface area (Å²) in [5.74, 6) is 0.293. The highest BCUT2D eigenvalue weighted by Gasteiger charge is 2.23. The number of ether oxygens (including phenoxy) is 1. The van der Waals surface area contributed by atoms with Crippen LogP contribution in [0, 0.1) is 0 Å². The first-order valence-electron chi connectivity index (χ1n) is 9.61. The van der Waals surface area contributed by atoms with Crippen molar-refractivity contribution in [3.05, 3.63) is 88.4 Å². The Morgan fingerprint density at radius 1 is 1.03 bits per heavy atom. The lowest BCUT2D eigenvalue weighted by atomic mass is 10.2. The summed E-state index contributed by atoms with van der Waals surface area (Å²) < 4.78 is 8.94. The number of anilines is 1. The number of nitrogens with one attached hydrogen (secondary N) is 1. The summed E-state index contributed by atoms with van der Waals surface area (Å²) in [4.78, 5) is 12.8. The van der Waals surface area contributed by atoms with Gasteiger partial charge in [0.25, 0.3) is 5.01 Å². The third-order valence-electron chi connectivity index (χ3n) is 4.81. The fraction of sp³-hybridized carbons (Fsp3) is 0.0833. The van der Waals surface area contributed by atoms with E-state index in [9.17, 15) is 4.79 Å². The second-order valence-corrected chi connectivity index (χ2v) is 9.07. The van der Waals surface area contributed by atoms with E-state index in [2.05, 4.69) is 58.4 Å². The average molecular weight is 432 g/mol. The molecule has 0 fully saturated rings. The maximum Gasteiger partial charge on any atom is 0.308 e. The summed E-state index contributed by atoms with van der Waals surface area (Å²) in [7, 11) is 0. The number of hydrogen-bond acceptors (Lipinski definition) is 5. The van der Waals surface area contributed by atoms with Crippen LogP contribution in [-0.4, -0.2) is 5.97 Å². The Labute approximate surface area is 182 Å². The van der Waals surface area contributed by atoms with Gasteiger partial charge in [-0.3, -0.25) is 4.79 Å². The van der Waals surface area contributed by atoms with Crippen LogP contribution < -0.4 is 14.6 Å². The predicted octanol–water partition coefficient (Wildman–Crippen LogP) is 5.68. The Bertz CT molecular complexity index is 1270. The van der Waals surface area contributed by atoms with Gasteiger partial charge in [-0.25, -0.2) is 0 Å². The molecule has 0 spiro atoms. The van der Waals surface area contributed by atoms with Crippen LogP contribution in [0.1, 0.15) is 17.5 Å². The van der Waals surface area contributed by atoms with E-state index in [1.54, 1.807) is 23.1 Å². The van der Waals surface area contributed by atoms with Crippen molar-refractivity contribution in [2.24, 2.45) is 0 Å². The number of carbonyl (C=O) groups is 1. The molecular formula is C24H19N2O2S2+. The standard InChI is InChI=1S/C24H18N2O2S2/c1-16(27)28-20-11-5-2-8-17(20)15-26-19-10-4-7-13-22(19)30-24(26)14-23-25-18-9-3-6-12-21(18)29-23/h2-14H,15H2,1H3/p+1. The molecule has 3 aromatic carbocycles. The molecule has 0 radical (unpaired) electrons. The molecule has 0 amide bonds. The number of nitrogens with zero attached hydrogens (tertiary/aromatic N) is 1. The zero-order valence-electron chi connectivity index (χ0n) is 16.3. The van der Waals surface area contributed by atoms with Crippen LogP contribution in [0.15, 0.2) is 82.7 Å². The smallest absolute Gasteiger partial charge is 0.308 e. The summed E-state index contributed by atoms with van der Waals surface area (Å²) in [6.45, 7) is 2.05. The number of hydrogen-bond donors (Lipinski definition) is 1. The van der Waals surface area contributed by atoms with E-state index >= 15 is 0 Å². The number of para-hydroxylation sites is 3. The van der Waals surface area contributed by atoms with Gasteiger partial charge in [0.15, 0.2) is 6.54 Å². The van der Waals surface area contributed by atoms with Gasteiger partial charge >= 0.3 is 5.97 Å². The molecule has 4 aromatic rings. The van der Waals surface area contributed by atoms with Gasteiger partial charge < -0.3 is 10.1 Å². The van der Waals surface area contributed by atoms with Crippen LogP contribution in [0.2, 0.25) is 0 Å². The minimum absolute atomic E-state index is 0.311. The molecule has 148 valence electrons. The van der Waals surface area contributed by atoms with Crippen LogP contribution in [0.25, 0.3) is 16.3 Å². The maximum atomic E-state index is 11.5. The topological polar surface area (TPSA) is 42.2 Å². The summed E-state index contributed by atoms with van der Waals surface area (Å²) in [6, 6.07) is 24.4. The number of aromatic nitrogens is 1. The van der Waals surface area contributed by atoms with Crippen LogP contribution >= 0.6 is 23.1 Å². The number of fused-ring (bicyclic) bond motifs is 2. The Balaban J connectivity index is 1.56. The molecule has 1 aliphatic rings. The van der Waals surface area contributed by atoms with Crippen LogP contribution in [0.4, 0.5) is 5.69 Å². The molecular weight excluding hydrogens is 412 g/mol. The van der Waals surface area contributed by atoms with Gasteiger partial charge in [0.1, 0.15) is 10.4 Å². The van der Waals surface area contributed by atoms with Gasteiger partial charge in [0, 0.05) is 17.9 Å². The van der Waals surface area contributed by atoms with E-state index in [1.807, 2.05) is 30.3 Å². The highest BCUT2D eigenvalue weighted by Crippen LogP contribution is 2.41. The molecule has 0 saturated carbocycles. The number of esters is 1. The molecule has 5 rings (SSSR count). The predicted molar refractivity (Wildman–Crippen MR) is 123 cm³/mol. The molecule has 4 nitrogen and oxygen atoms in total. The third kappa shape index (κ3) is 3.72. The van der Waals surface area contributed by atoms with E-state index in [0.717, 1.165) is 26.8 Å². The maximum absolute atomic E-state index is 11.5. The summed E-state index contributed by atoms with van der Waals surface area (Å²) in [6.07, 6.45) is 2.20. The lowest BCUT2D eigenvalue weighted by molar-refractivity contribution is -0.659. The summed E-state index contributed by atoms with van der Waals surface area (Å²) >= 11 is 3.50. The molecule has 0 aliphatic carbocycles. The molecule has 0 unspecified atom stereocenters. The van der Waals surface area contributed by atoms with Crippen molar-refractivity contribution in [1.82, 2.24) is 0 Å². The number of benzene rings is 3. The molecule has 0 saturated heterocycles. The lowest BCUT2D eigenvalue weighted by Crippen LogP contribution is -2.36. The van der Waals surface area contributed by atoms with Gasteiger partial charge in [-0.05, 0) is 30.3 Å². The first-order chi connectivity index (χ1) is 14.7. The first-order valence-corrected chi connectivity index (χ1v) is 11.2. The van der Waals surface area contributed by atoms with Crippen molar-refractivity contribution in [2.45, 2.75) is 18.4 Å². The zero-order valence-corrected chi connectivity index (χ0v) is 17.9. The molecule has 6 heteroatoms. The van der Waals surface area contributed by atoms with Crippen molar-refractivity contribution in [1.29, 1.82) is 0 Å². The SMILES string of the molecule is CC(=O)Oc1ccccc1C[n+]1c(C=C2Nc3ccccc3S2)sc2ccccc21. The van der Waals surface area contributed by atoms with Gasteiger partial charge in [-0.2, -0.15) is 4.57 Å². The number of carbonyl (C=O) groups excluding carboxylic acids is 1. The van der Waals surface area contributed by atoms with Crippen molar-refractivity contribution in [3.63, 3.8) is 0 Å². The quantitative estimate of drug-likeness (QED) is 0.256. The molecule has 1 aliphatic heterocycles. The van der Waals surface area contributed by atoms with Gasteiger partial charge in [-0.15, -0.1) is 0 Å². The highest BCUT2D eigenvalue weighted by molar-refractivity contribution is 8.03. The van der Waals surface area contributed by atoms with Crippen LogP contribution in [0.3, 0.4) is 0 Å². The number of rotatable bonds is 4. The average Bonchev–Trinajstić information content (AvgIpc) is 3.30. The van der Waals surface area contributed by atoms with Crippen molar-refractivity contribution >= 4 is 51.0 Å². The minimum atomic E-state index is -0.311. The van der Waals surface area contributed by atoms with E-state index in [1.165, 1.54) is 16.5 Å². The van der Waals surface area contributed by atoms with E-state index in [4.69, 9.17) is 4.74 Å². The summed E-state index contributed by atoms with van der Waals surface area (Å²) in [5, 5.41) is 5.74. The van der Waals surface area contributed by atoms with Crippen molar-refractivity contribution in [2.75, 3.05) is 5.32 Å². The normalized spacial score (nSPS) is 14.0. The molecule has 30 heavy (non-hydrogen) atoms. The molecule has 0 atom stereocenters. The van der Waals surface area contributed by atoms with Crippen LogP contribution in [-0.2, 0) is 11.3 Å². The zero-order chi connectivity index (χ0) is 20.5. The van der Waals surface area contributed by atoms with E-state index in [-0.39, 0.29) is 5.97 Å². The van der Waals surface area contributed by atoms with Crippen molar-refractivity contribution < 1.29 is 14.1 Å². The second kappa shape index (κ2) is 7.97. The van der Waals surface area contributed by atoms with Gasteiger partial charge in [0.05, 0.1) is 22.4 Å². The van der Waals surface area contributed by atoms with Crippen molar-refractivity contribution in [3.8, 4) is 5.75 Å². The van der Waals surface area contributed by atoms with Gasteiger partial charge in [0.2, 0.25) is 5.52 Å². The molecule has 1 N–H and O–H groups in total. The largest absolute Gasteiger partial charge is 0.426 e. The monoisotopic (exact) mass is 431 g/mol.